The second-order valence-corrected chi connectivity index (χ2v) is 5.72. The zero-order valence-corrected chi connectivity index (χ0v) is 13.0. The Bertz CT molecular complexity index is 618. The fourth-order valence-electron chi connectivity index (χ4n) is 1.83. The molecule has 0 saturated carbocycles. The van der Waals surface area contributed by atoms with E-state index in [0.717, 1.165) is 12.1 Å². The van der Waals surface area contributed by atoms with Crippen LogP contribution in [0.1, 0.15) is 37.9 Å². The molecule has 0 bridgehead atoms. The van der Waals surface area contributed by atoms with E-state index >= 15 is 0 Å². The molecule has 126 valence electrons. The molecule has 0 radical (unpaired) electrons. The normalized spacial score (nSPS) is 13.3. The Morgan fingerprint density at radius 2 is 1.65 bits per heavy atom. The Balaban J connectivity index is 2.87. The number of carboxylic acids is 1. The summed E-state index contributed by atoms with van der Waals surface area (Å²) in [5.74, 6) is -1.86. The SMILES string of the molecule is C=C(C(=O)O)C(C)(C)C(=O)NC(C)c1ccc(C(F)(F)F)cc1. The predicted molar refractivity (Wildman–Crippen MR) is 78.6 cm³/mol. The second kappa shape index (κ2) is 6.44. The van der Waals surface area contributed by atoms with Crippen molar-refractivity contribution in [1.29, 1.82) is 0 Å². The average molecular weight is 329 g/mol. The Hall–Kier alpha value is -2.31. The predicted octanol–water partition coefficient (Wildman–Crippen LogP) is 3.55. The lowest BCUT2D eigenvalue weighted by Gasteiger charge is -2.26. The lowest BCUT2D eigenvalue weighted by atomic mass is 9.83. The van der Waals surface area contributed by atoms with Gasteiger partial charge in [-0.1, -0.05) is 18.7 Å². The summed E-state index contributed by atoms with van der Waals surface area (Å²) in [5, 5.41) is 11.5. The molecule has 0 heterocycles. The van der Waals surface area contributed by atoms with Crippen molar-refractivity contribution in [2.24, 2.45) is 5.41 Å². The van der Waals surface area contributed by atoms with Crippen LogP contribution in [0, 0.1) is 5.41 Å². The summed E-state index contributed by atoms with van der Waals surface area (Å²) < 4.78 is 37.5. The maximum absolute atomic E-state index is 12.5. The van der Waals surface area contributed by atoms with Gasteiger partial charge >= 0.3 is 12.1 Å². The standard InChI is InChI=1S/C16H18F3NO3/c1-9(13(21)22)15(3,4)14(23)20-10(2)11-5-7-12(8-6-11)16(17,18)19/h5-8,10H,1H2,2-4H3,(H,20,23)(H,21,22). The van der Waals surface area contributed by atoms with Crippen molar-refractivity contribution < 1.29 is 27.9 Å². The van der Waals surface area contributed by atoms with Gasteiger partial charge in [0, 0.05) is 5.57 Å². The van der Waals surface area contributed by atoms with Gasteiger partial charge in [-0.15, -0.1) is 0 Å². The van der Waals surface area contributed by atoms with Gasteiger partial charge in [0.05, 0.1) is 17.0 Å². The Morgan fingerprint density at radius 1 is 1.17 bits per heavy atom. The maximum atomic E-state index is 12.5. The van der Waals surface area contributed by atoms with Crippen molar-refractivity contribution in [2.45, 2.75) is 33.0 Å². The molecule has 7 heteroatoms. The van der Waals surface area contributed by atoms with Crippen LogP contribution >= 0.6 is 0 Å². The zero-order chi connectivity index (χ0) is 18.0. The highest BCUT2D eigenvalue weighted by atomic mass is 19.4. The summed E-state index contributed by atoms with van der Waals surface area (Å²) in [6, 6.07) is 3.82. The number of carbonyl (C=O) groups excluding carboxylic acids is 1. The van der Waals surface area contributed by atoms with Crippen molar-refractivity contribution in [1.82, 2.24) is 5.32 Å². The first-order valence-corrected chi connectivity index (χ1v) is 6.78. The molecule has 1 rings (SSSR count). The molecule has 0 aliphatic heterocycles. The smallest absolute Gasteiger partial charge is 0.416 e. The second-order valence-electron chi connectivity index (χ2n) is 5.72. The highest BCUT2D eigenvalue weighted by Crippen LogP contribution is 2.30. The van der Waals surface area contributed by atoms with E-state index in [4.69, 9.17) is 5.11 Å². The van der Waals surface area contributed by atoms with Crippen LogP contribution in [0.2, 0.25) is 0 Å². The molecule has 1 unspecified atom stereocenters. The van der Waals surface area contributed by atoms with Crippen LogP contribution in [0.15, 0.2) is 36.4 Å². The van der Waals surface area contributed by atoms with Gasteiger partial charge in [-0.05, 0) is 38.5 Å². The lowest BCUT2D eigenvalue weighted by molar-refractivity contribution is -0.138. The number of aliphatic carboxylic acids is 1. The van der Waals surface area contributed by atoms with E-state index in [1.54, 1.807) is 6.92 Å². The monoisotopic (exact) mass is 329 g/mol. The third kappa shape index (κ3) is 4.34. The molecule has 0 aromatic heterocycles. The fraction of sp³-hybridized carbons (Fsp3) is 0.375. The van der Waals surface area contributed by atoms with Gasteiger partial charge in [0.1, 0.15) is 0 Å². The van der Waals surface area contributed by atoms with E-state index in [0.29, 0.717) is 5.56 Å². The molecule has 4 nitrogen and oxygen atoms in total. The van der Waals surface area contributed by atoms with Gasteiger partial charge in [-0.2, -0.15) is 13.2 Å². The van der Waals surface area contributed by atoms with Crippen LogP contribution in [-0.4, -0.2) is 17.0 Å². The number of hydrogen-bond acceptors (Lipinski definition) is 2. The minimum Gasteiger partial charge on any atom is -0.478 e. The summed E-state index contributed by atoms with van der Waals surface area (Å²) in [6.45, 7) is 7.81. The van der Waals surface area contributed by atoms with Crippen LogP contribution in [0.3, 0.4) is 0 Å². The number of nitrogens with one attached hydrogen (secondary N) is 1. The third-order valence-electron chi connectivity index (χ3n) is 3.67. The molecule has 1 aromatic carbocycles. The maximum Gasteiger partial charge on any atom is 0.416 e. The molecular weight excluding hydrogens is 311 g/mol. The van der Waals surface area contributed by atoms with E-state index in [1.807, 2.05) is 0 Å². The summed E-state index contributed by atoms with van der Waals surface area (Å²) in [5.41, 5.74) is -1.91. The van der Waals surface area contributed by atoms with Gasteiger partial charge in [0.2, 0.25) is 5.91 Å². The van der Waals surface area contributed by atoms with E-state index in [2.05, 4.69) is 11.9 Å². The lowest BCUT2D eigenvalue weighted by Crippen LogP contribution is -2.40. The number of rotatable bonds is 5. The number of carbonyl (C=O) groups is 2. The Kier molecular flexibility index (Phi) is 5.24. The quantitative estimate of drug-likeness (QED) is 0.812. The molecule has 0 fully saturated rings. The first-order chi connectivity index (χ1) is 10.4. The summed E-state index contributed by atoms with van der Waals surface area (Å²) >= 11 is 0. The van der Waals surface area contributed by atoms with E-state index in [-0.39, 0.29) is 5.57 Å². The van der Waals surface area contributed by atoms with Crippen molar-refractivity contribution in [3.8, 4) is 0 Å². The van der Waals surface area contributed by atoms with Gasteiger partial charge in [-0.25, -0.2) is 4.79 Å². The van der Waals surface area contributed by atoms with Crippen LogP contribution in [0.4, 0.5) is 13.2 Å². The number of halogens is 3. The summed E-state index contributed by atoms with van der Waals surface area (Å²) in [7, 11) is 0. The van der Waals surface area contributed by atoms with Crippen molar-refractivity contribution in [3.05, 3.63) is 47.5 Å². The average Bonchev–Trinajstić information content (AvgIpc) is 2.45. The molecule has 23 heavy (non-hydrogen) atoms. The number of carboxylic acid groups (broad SMARTS) is 1. The minimum absolute atomic E-state index is 0.269. The zero-order valence-electron chi connectivity index (χ0n) is 13.0. The van der Waals surface area contributed by atoms with Gasteiger partial charge in [0.25, 0.3) is 0 Å². The molecular formula is C16H18F3NO3. The largest absolute Gasteiger partial charge is 0.478 e. The van der Waals surface area contributed by atoms with Crippen LogP contribution in [-0.2, 0) is 15.8 Å². The minimum atomic E-state index is -4.42. The topological polar surface area (TPSA) is 66.4 Å². The number of alkyl halides is 3. The highest BCUT2D eigenvalue weighted by Gasteiger charge is 2.35. The molecule has 0 spiro atoms. The Labute approximate surface area is 132 Å². The summed E-state index contributed by atoms with van der Waals surface area (Å²) in [6.07, 6.45) is -4.42. The summed E-state index contributed by atoms with van der Waals surface area (Å²) in [4.78, 5) is 23.2. The van der Waals surface area contributed by atoms with Crippen molar-refractivity contribution in [2.75, 3.05) is 0 Å². The van der Waals surface area contributed by atoms with Crippen LogP contribution < -0.4 is 5.32 Å². The molecule has 1 aromatic rings. The van der Waals surface area contributed by atoms with E-state index in [9.17, 15) is 22.8 Å². The highest BCUT2D eigenvalue weighted by molar-refractivity contribution is 5.98. The molecule has 1 atom stereocenters. The number of hydrogen-bond donors (Lipinski definition) is 2. The van der Waals surface area contributed by atoms with E-state index < -0.39 is 35.1 Å². The Morgan fingerprint density at radius 3 is 2.04 bits per heavy atom. The van der Waals surface area contributed by atoms with Crippen LogP contribution in [0.25, 0.3) is 0 Å². The van der Waals surface area contributed by atoms with Gasteiger partial charge in [-0.3, -0.25) is 4.79 Å². The van der Waals surface area contributed by atoms with Gasteiger partial charge in [0.15, 0.2) is 0 Å². The molecule has 0 saturated heterocycles. The fourth-order valence-corrected chi connectivity index (χ4v) is 1.83. The van der Waals surface area contributed by atoms with Crippen molar-refractivity contribution >= 4 is 11.9 Å². The van der Waals surface area contributed by atoms with Gasteiger partial charge < -0.3 is 10.4 Å². The molecule has 0 aliphatic rings. The number of amides is 1. The molecule has 1 amide bonds. The molecule has 2 N–H and O–H groups in total. The van der Waals surface area contributed by atoms with E-state index in [1.165, 1.54) is 26.0 Å². The molecule has 0 aliphatic carbocycles. The number of benzene rings is 1. The third-order valence-corrected chi connectivity index (χ3v) is 3.67. The first-order valence-electron chi connectivity index (χ1n) is 6.78. The van der Waals surface area contributed by atoms with Crippen molar-refractivity contribution in [3.63, 3.8) is 0 Å². The first kappa shape index (κ1) is 18.7. The van der Waals surface area contributed by atoms with Crippen LogP contribution in [0.5, 0.6) is 0 Å².